The van der Waals surface area contributed by atoms with Crippen molar-refractivity contribution in [3.8, 4) is 0 Å². The zero-order valence-corrected chi connectivity index (χ0v) is 6.33. The van der Waals surface area contributed by atoms with E-state index in [9.17, 15) is 4.79 Å². The molecule has 1 aromatic heterocycles. The molecule has 0 aliphatic carbocycles. The average molecular weight is 155 g/mol. The molecule has 0 saturated heterocycles. The molecule has 1 rings (SSSR count). The van der Waals surface area contributed by atoms with Crippen molar-refractivity contribution in [3.63, 3.8) is 0 Å². The summed E-state index contributed by atoms with van der Waals surface area (Å²) in [5, 5.41) is 12.5. The number of nitrogens with zero attached hydrogens (tertiary/aromatic N) is 2. The van der Waals surface area contributed by atoms with E-state index in [2.05, 4.69) is 5.10 Å². The Morgan fingerprint density at radius 1 is 1.73 bits per heavy atom. The maximum atomic E-state index is 10.5. The predicted octanol–water partition coefficient (Wildman–Crippen LogP) is 0.00892. The second-order valence-corrected chi connectivity index (χ2v) is 2.27. The summed E-state index contributed by atoms with van der Waals surface area (Å²) >= 11 is 0. The number of rotatable bonds is 1. The molecule has 0 amide bonds. The summed E-state index contributed by atoms with van der Waals surface area (Å²) in [6.45, 7) is 1.61. The van der Waals surface area contributed by atoms with Gasteiger partial charge in [-0.2, -0.15) is 5.10 Å². The molecular weight excluding hydrogens is 146 g/mol. The number of aryl methyl sites for hydroxylation is 2. The fraction of sp³-hybridized carbons (Fsp3) is 0.333. The van der Waals surface area contributed by atoms with E-state index < -0.39 is 5.97 Å². The van der Waals surface area contributed by atoms with Crippen molar-refractivity contribution in [2.24, 2.45) is 7.05 Å². The number of aromatic carboxylic acids is 1. The SMILES string of the molecule is Cc1nn(C)c(N)c1C(=O)O. The highest BCUT2D eigenvalue weighted by Gasteiger charge is 2.16. The molecule has 1 aromatic rings. The molecule has 3 N–H and O–H groups in total. The van der Waals surface area contributed by atoms with E-state index in [4.69, 9.17) is 10.8 Å². The molecule has 60 valence electrons. The smallest absolute Gasteiger partial charge is 0.341 e. The Balaban J connectivity index is 3.34. The monoisotopic (exact) mass is 155 g/mol. The van der Waals surface area contributed by atoms with Crippen LogP contribution in [0.4, 0.5) is 5.82 Å². The second-order valence-electron chi connectivity index (χ2n) is 2.27. The van der Waals surface area contributed by atoms with Gasteiger partial charge in [0.2, 0.25) is 0 Å². The van der Waals surface area contributed by atoms with Gasteiger partial charge < -0.3 is 10.8 Å². The van der Waals surface area contributed by atoms with E-state index >= 15 is 0 Å². The van der Waals surface area contributed by atoms with Gasteiger partial charge in [0.25, 0.3) is 0 Å². The fourth-order valence-corrected chi connectivity index (χ4v) is 0.940. The van der Waals surface area contributed by atoms with Crippen molar-refractivity contribution in [2.75, 3.05) is 5.73 Å². The van der Waals surface area contributed by atoms with Crippen LogP contribution in [0.3, 0.4) is 0 Å². The number of carboxylic acid groups (broad SMARTS) is 1. The first kappa shape index (κ1) is 7.59. The molecule has 0 aromatic carbocycles. The van der Waals surface area contributed by atoms with Crippen molar-refractivity contribution < 1.29 is 9.90 Å². The minimum atomic E-state index is -1.03. The van der Waals surface area contributed by atoms with Crippen LogP contribution in [-0.2, 0) is 7.05 Å². The number of hydrogen-bond donors (Lipinski definition) is 2. The molecule has 5 nitrogen and oxygen atoms in total. The van der Waals surface area contributed by atoms with Crippen LogP contribution in [0.5, 0.6) is 0 Å². The van der Waals surface area contributed by atoms with Gasteiger partial charge >= 0.3 is 5.97 Å². The van der Waals surface area contributed by atoms with Crippen molar-refractivity contribution in [2.45, 2.75) is 6.92 Å². The first-order chi connectivity index (χ1) is 5.04. The molecule has 11 heavy (non-hydrogen) atoms. The van der Waals surface area contributed by atoms with Crippen LogP contribution < -0.4 is 5.73 Å². The third-order valence-electron chi connectivity index (χ3n) is 1.48. The van der Waals surface area contributed by atoms with Gasteiger partial charge in [-0.25, -0.2) is 4.79 Å². The maximum Gasteiger partial charge on any atom is 0.341 e. The molecule has 0 atom stereocenters. The lowest BCUT2D eigenvalue weighted by molar-refractivity contribution is 0.0697. The van der Waals surface area contributed by atoms with Gasteiger partial charge in [-0.3, -0.25) is 4.68 Å². The van der Waals surface area contributed by atoms with Crippen LogP contribution in [0, 0.1) is 6.92 Å². The zero-order valence-electron chi connectivity index (χ0n) is 6.33. The minimum Gasteiger partial charge on any atom is -0.477 e. The highest BCUT2D eigenvalue weighted by Crippen LogP contribution is 2.13. The van der Waals surface area contributed by atoms with Crippen molar-refractivity contribution in [1.82, 2.24) is 9.78 Å². The summed E-state index contributed by atoms with van der Waals surface area (Å²) in [4.78, 5) is 10.5. The molecule has 0 aliphatic rings. The van der Waals surface area contributed by atoms with Crippen LogP contribution in [0.1, 0.15) is 16.1 Å². The Morgan fingerprint density at radius 2 is 2.27 bits per heavy atom. The lowest BCUT2D eigenvalue weighted by Crippen LogP contribution is -2.03. The van der Waals surface area contributed by atoms with Crippen molar-refractivity contribution >= 4 is 11.8 Å². The van der Waals surface area contributed by atoms with E-state index in [1.165, 1.54) is 4.68 Å². The first-order valence-electron chi connectivity index (χ1n) is 3.06. The highest BCUT2D eigenvalue weighted by atomic mass is 16.4. The number of anilines is 1. The number of hydrogen-bond acceptors (Lipinski definition) is 3. The van der Waals surface area contributed by atoms with E-state index in [0.717, 1.165) is 0 Å². The molecule has 0 radical (unpaired) electrons. The molecule has 5 heteroatoms. The molecule has 0 spiro atoms. The van der Waals surface area contributed by atoms with E-state index in [-0.39, 0.29) is 11.4 Å². The standard InChI is InChI=1S/C6H9N3O2/c1-3-4(6(10)11)5(7)9(2)8-3/h7H2,1-2H3,(H,10,11). The number of aromatic nitrogens is 2. The van der Waals surface area contributed by atoms with Gasteiger partial charge in [0.05, 0.1) is 5.69 Å². The largest absolute Gasteiger partial charge is 0.477 e. The quantitative estimate of drug-likeness (QED) is 0.598. The summed E-state index contributed by atoms with van der Waals surface area (Å²) in [5.74, 6) is -0.844. The minimum absolute atomic E-state index is 0.0903. The Hall–Kier alpha value is -1.52. The topological polar surface area (TPSA) is 81.1 Å². The summed E-state index contributed by atoms with van der Waals surface area (Å²) < 4.78 is 1.35. The van der Waals surface area contributed by atoms with Crippen molar-refractivity contribution in [3.05, 3.63) is 11.3 Å². The number of nitrogen functional groups attached to an aromatic ring is 1. The molecule has 0 saturated carbocycles. The van der Waals surface area contributed by atoms with Crippen molar-refractivity contribution in [1.29, 1.82) is 0 Å². The van der Waals surface area contributed by atoms with Gasteiger partial charge in [0.15, 0.2) is 0 Å². The number of carbonyl (C=O) groups is 1. The van der Waals surface area contributed by atoms with Crippen LogP contribution in [0.15, 0.2) is 0 Å². The summed E-state index contributed by atoms with van der Waals surface area (Å²) in [6, 6.07) is 0. The van der Waals surface area contributed by atoms with E-state index in [0.29, 0.717) is 5.69 Å². The van der Waals surface area contributed by atoms with Gasteiger partial charge in [0.1, 0.15) is 11.4 Å². The van der Waals surface area contributed by atoms with Crippen LogP contribution in [-0.4, -0.2) is 20.9 Å². The van der Waals surface area contributed by atoms with Crippen LogP contribution in [0.25, 0.3) is 0 Å². The predicted molar refractivity (Wildman–Crippen MR) is 39.3 cm³/mol. The molecule has 0 aliphatic heterocycles. The molecule has 1 heterocycles. The van der Waals surface area contributed by atoms with E-state index in [1.807, 2.05) is 0 Å². The molecule has 0 bridgehead atoms. The normalized spacial score (nSPS) is 10.0. The summed E-state index contributed by atoms with van der Waals surface area (Å²) in [6.07, 6.45) is 0. The molecular formula is C6H9N3O2. The number of carboxylic acids is 1. The van der Waals surface area contributed by atoms with Crippen LogP contribution in [0.2, 0.25) is 0 Å². The average Bonchev–Trinajstić information content (AvgIpc) is 2.07. The van der Waals surface area contributed by atoms with Gasteiger partial charge in [-0.1, -0.05) is 0 Å². The lowest BCUT2D eigenvalue weighted by atomic mass is 10.2. The summed E-state index contributed by atoms with van der Waals surface area (Å²) in [5.41, 5.74) is 5.96. The molecule has 0 unspecified atom stereocenters. The van der Waals surface area contributed by atoms with Crippen LogP contribution >= 0.6 is 0 Å². The third kappa shape index (κ3) is 1.04. The second kappa shape index (κ2) is 2.26. The Morgan fingerprint density at radius 3 is 2.45 bits per heavy atom. The first-order valence-corrected chi connectivity index (χ1v) is 3.06. The summed E-state index contributed by atoms with van der Waals surface area (Å²) in [7, 11) is 1.61. The number of nitrogens with two attached hydrogens (primary N) is 1. The Bertz CT molecular complexity index is 303. The zero-order chi connectivity index (χ0) is 8.59. The van der Waals surface area contributed by atoms with E-state index in [1.54, 1.807) is 14.0 Å². The maximum absolute atomic E-state index is 10.5. The Labute approximate surface area is 63.4 Å². The fourth-order valence-electron chi connectivity index (χ4n) is 0.940. The third-order valence-corrected chi connectivity index (χ3v) is 1.48. The van der Waals surface area contributed by atoms with Gasteiger partial charge in [0, 0.05) is 7.05 Å². The highest BCUT2D eigenvalue weighted by molar-refractivity contribution is 5.93. The molecule has 0 fully saturated rings. The lowest BCUT2D eigenvalue weighted by Gasteiger charge is -1.93. The Kier molecular flexibility index (Phi) is 1.56. The van der Waals surface area contributed by atoms with Gasteiger partial charge in [-0.15, -0.1) is 0 Å². The van der Waals surface area contributed by atoms with Gasteiger partial charge in [-0.05, 0) is 6.92 Å².